The van der Waals surface area contributed by atoms with Gasteiger partial charge in [0.1, 0.15) is 11.9 Å². The Morgan fingerprint density at radius 1 is 1.23 bits per heavy atom. The predicted molar refractivity (Wildman–Crippen MR) is 116 cm³/mol. The molecular weight excluding hydrogens is 376 g/mol. The Morgan fingerprint density at radius 2 is 1.97 bits per heavy atom. The maximum atomic E-state index is 13.2. The highest BCUT2D eigenvalue weighted by Gasteiger charge is 2.63. The summed E-state index contributed by atoms with van der Waals surface area (Å²) in [6.45, 7) is 10.5. The summed E-state index contributed by atoms with van der Waals surface area (Å²) in [5, 5.41) is 0. The standard InChI is InChI=1S/C26H36O4/c1-6-7-23(29)30-16(3)20-14-22(28)25(4)11-10-21-19(24(20)25)9-8-17-13-18(27)12-15(2)26(17,21)5/h12-13,16,19-21,24H,6-11,14H2,1-5H3/t16?,19-,20-,21+,24-,25-,26+/m1/s1. The molecular formula is C26H36O4. The number of hydrogen-bond acceptors (Lipinski definition) is 4. The van der Waals surface area contributed by atoms with E-state index in [-0.39, 0.29) is 40.5 Å². The van der Waals surface area contributed by atoms with E-state index in [4.69, 9.17) is 4.74 Å². The number of esters is 1. The van der Waals surface area contributed by atoms with E-state index in [1.54, 1.807) is 0 Å². The smallest absolute Gasteiger partial charge is 0.306 e. The number of hydrogen-bond donors (Lipinski definition) is 0. The molecule has 0 bridgehead atoms. The molecule has 4 aliphatic rings. The second kappa shape index (κ2) is 7.46. The fourth-order valence-electron chi connectivity index (χ4n) is 7.53. The van der Waals surface area contributed by atoms with E-state index in [9.17, 15) is 14.4 Å². The summed E-state index contributed by atoms with van der Waals surface area (Å²) in [6.07, 6.45) is 9.04. The fraction of sp³-hybridized carbons (Fsp3) is 0.731. The summed E-state index contributed by atoms with van der Waals surface area (Å²) >= 11 is 0. The quantitative estimate of drug-likeness (QED) is 0.595. The Bertz CT molecular complexity index is 836. The molecule has 7 atom stereocenters. The third kappa shape index (κ3) is 3.05. The number of carbonyl (C=O) groups is 3. The van der Waals surface area contributed by atoms with Gasteiger partial charge in [-0.2, -0.15) is 0 Å². The molecule has 0 N–H and O–H groups in total. The van der Waals surface area contributed by atoms with Gasteiger partial charge in [-0.25, -0.2) is 0 Å². The highest BCUT2D eigenvalue weighted by Crippen LogP contribution is 2.66. The van der Waals surface area contributed by atoms with Crippen LogP contribution in [0.1, 0.15) is 79.6 Å². The minimum atomic E-state index is -0.309. The lowest BCUT2D eigenvalue weighted by Crippen LogP contribution is -2.52. The van der Waals surface area contributed by atoms with Gasteiger partial charge in [-0.15, -0.1) is 0 Å². The summed E-state index contributed by atoms with van der Waals surface area (Å²) in [4.78, 5) is 37.5. The average Bonchev–Trinajstić information content (AvgIpc) is 2.94. The van der Waals surface area contributed by atoms with Crippen LogP contribution < -0.4 is 0 Å². The van der Waals surface area contributed by atoms with Crippen molar-refractivity contribution < 1.29 is 19.1 Å². The number of rotatable bonds is 4. The molecule has 30 heavy (non-hydrogen) atoms. The van der Waals surface area contributed by atoms with Gasteiger partial charge in [-0.3, -0.25) is 14.4 Å². The van der Waals surface area contributed by atoms with Gasteiger partial charge in [0.25, 0.3) is 0 Å². The van der Waals surface area contributed by atoms with Gasteiger partial charge in [0, 0.05) is 29.6 Å². The summed E-state index contributed by atoms with van der Waals surface area (Å²) in [6, 6.07) is 0. The van der Waals surface area contributed by atoms with E-state index in [1.807, 2.05) is 26.0 Å². The molecule has 4 heteroatoms. The molecule has 3 saturated carbocycles. The Hall–Kier alpha value is -1.71. The first-order valence-corrected chi connectivity index (χ1v) is 11.8. The van der Waals surface area contributed by atoms with Gasteiger partial charge in [0.15, 0.2) is 5.78 Å². The van der Waals surface area contributed by atoms with Crippen LogP contribution in [0, 0.1) is 34.5 Å². The molecule has 0 heterocycles. The number of Topliss-reactive ketones (excluding diaryl/α,β-unsaturated/α-hetero) is 1. The van der Waals surface area contributed by atoms with E-state index >= 15 is 0 Å². The maximum Gasteiger partial charge on any atom is 0.306 e. The van der Waals surface area contributed by atoms with Crippen LogP contribution >= 0.6 is 0 Å². The lowest BCUT2D eigenvalue weighted by Gasteiger charge is -2.58. The highest BCUT2D eigenvalue weighted by molar-refractivity contribution is 6.02. The van der Waals surface area contributed by atoms with Crippen LogP contribution in [0.15, 0.2) is 23.3 Å². The van der Waals surface area contributed by atoms with Crippen LogP contribution in [0.25, 0.3) is 0 Å². The summed E-state index contributed by atoms with van der Waals surface area (Å²) in [5.74, 6) is 1.52. The molecule has 0 aliphatic heterocycles. The van der Waals surface area contributed by atoms with E-state index in [0.29, 0.717) is 30.5 Å². The zero-order valence-electron chi connectivity index (χ0n) is 19.1. The van der Waals surface area contributed by atoms with Crippen LogP contribution in [-0.4, -0.2) is 23.6 Å². The van der Waals surface area contributed by atoms with Crippen LogP contribution in [0.3, 0.4) is 0 Å². The van der Waals surface area contributed by atoms with E-state index in [2.05, 4.69) is 20.8 Å². The molecule has 0 aromatic heterocycles. The number of ketones is 2. The Kier molecular flexibility index (Phi) is 5.35. The van der Waals surface area contributed by atoms with Gasteiger partial charge < -0.3 is 4.74 Å². The van der Waals surface area contributed by atoms with Crippen LogP contribution in [0.4, 0.5) is 0 Å². The third-order valence-electron chi connectivity index (χ3n) is 9.23. The van der Waals surface area contributed by atoms with E-state index in [0.717, 1.165) is 32.1 Å². The SMILES string of the molecule is CCCC(=O)OC(C)[C@H]1CC(=O)[C@@]2(C)CC[C@H]3[C@@H](CCC4=CC(=O)C=C(C)[C@@]43C)[C@H]12. The Labute approximate surface area is 180 Å². The zero-order chi connectivity index (χ0) is 21.8. The monoisotopic (exact) mass is 412 g/mol. The lowest BCUT2D eigenvalue weighted by atomic mass is 9.46. The molecule has 1 unspecified atom stereocenters. The fourth-order valence-corrected chi connectivity index (χ4v) is 7.53. The summed E-state index contributed by atoms with van der Waals surface area (Å²) in [5.41, 5.74) is 2.06. The van der Waals surface area contributed by atoms with Crippen molar-refractivity contribution in [2.24, 2.45) is 34.5 Å². The van der Waals surface area contributed by atoms with Gasteiger partial charge in [0.05, 0.1) is 0 Å². The lowest BCUT2D eigenvalue weighted by molar-refractivity contribution is -0.154. The van der Waals surface area contributed by atoms with Crippen molar-refractivity contribution in [2.75, 3.05) is 0 Å². The molecule has 3 fully saturated rings. The Balaban J connectivity index is 1.67. The topological polar surface area (TPSA) is 60.4 Å². The van der Waals surface area contributed by atoms with Crippen LogP contribution in [-0.2, 0) is 19.1 Å². The largest absolute Gasteiger partial charge is 0.462 e. The molecule has 4 rings (SSSR count). The van der Waals surface area contributed by atoms with Crippen molar-refractivity contribution in [1.82, 2.24) is 0 Å². The number of ether oxygens (including phenoxy) is 1. The first-order valence-electron chi connectivity index (χ1n) is 11.8. The number of fused-ring (bicyclic) bond motifs is 5. The van der Waals surface area contributed by atoms with E-state index < -0.39 is 0 Å². The van der Waals surface area contributed by atoms with Crippen molar-refractivity contribution >= 4 is 17.5 Å². The first-order chi connectivity index (χ1) is 14.1. The second-order valence-electron chi connectivity index (χ2n) is 10.6. The molecule has 0 amide bonds. The van der Waals surface area contributed by atoms with Crippen LogP contribution in [0.2, 0.25) is 0 Å². The molecule has 0 saturated heterocycles. The summed E-state index contributed by atoms with van der Waals surface area (Å²) < 4.78 is 5.81. The molecule has 0 radical (unpaired) electrons. The predicted octanol–water partition coefficient (Wildman–Crippen LogP) is 5.21. The molecule has 0 aromatic rings. The van der Waals surface area contributed by atoms with Gasteiger partial charge >= 0.3 is 5.97 Å². The second-order valence-corrected chi connectivity index (χ2v) is 10.6. The maximum absolute atomic E-state index is 13.2. The number of carbonyl (C=O) groups excluding carboxylic acids is 3. The highest BCUT2D eigenvalue weighted by atomic mass is 16.5. The summed E-state index contributed by atoms with van der Waals surface area (Å²) in [7, 11) is 0. The average molecular weight is 413 g/mol. The van der Waals surface area contributed by atoms with Gasteiger partial charge in [0.2, 0.25) is 0 Å². The van der Waals surface area contributed by atoms with Crippen molar-refractivity contribution in [2.45, 2.75) is 85.7 Å². The number of allylic oxidation sites excluding steroid dienone is 4. The minimum absolute atomic E-state index is 0.0868. The molecule has 0 aromatic carbocycles. The Morgan fingerprint density at radius 3 is 2.67 bits per heavy atom. The zero-order valence-corrected chi connectivity index (χ0v) is 19.1. The van der Waals surface area contributed by atoms with Crippen molar-refractivity contribution in [3.8, 4) is 0 Å². The van der Waals surface area contributed by atoms with Crippen molar-refractivity contribution in [1.29, 1.82) is 0 Å². The van der Waals surface area contributed by atoms with Gasteiger partial charge in [-0.05, 0) is 75.9 Å². The van der Waals surface area contributed by atoms with Gasteiger partial charge in [-0.1, -0.05) is 31.9 Å². The van der Waals surface area contributed by atoms with Crippen LogP contribution in [0.5, 0.6) is 0 Å². The third-order valence-corrected chi connectivity index (χ3v) is 9.23. The van der Waals surface area contributed by atoms with Crippen molar-refractivity contribution in [3.05, 3.63) is 23.3 Å². The van der Waals surface area contributed by atoms with E-state index in [1.165, 1.54) is 11.1 Å². The molecule has 164 valence electrons. The minimum Gasteiger partial charge on any atom is -0.462 e. The van der Waals surface area contributed by atoms with Crippen molar-refractivity contribution in [3.63, 3.8) is 0 Å². The first kappa shape index (κ1) is 21.5. The molecule has 0 spiro atoms. The normalized spacial score (nSPS) is 41.2. The molecule has 4 aliphatic carbocycles. The molecule has 4 nitrogen and oxygen atoms in total.